The molecule has 0 fully saturated rings. The number of halogens is 2. The van der Waals surface area contributed by atoms with Crippen LogP contribution < -0.4 is 24.8 Å². The van der Waals surface area contributed by atoms with E-state index in [1.165, 1.54) is 63.6 Å². The molecule has 0 spiro atoms. The number of benzene rings is 2. The first kappa shape index (κ1) is 19.7. The number of aryl methyl sites for hydroxylation is 2. The van der Waals surface area contributed by atoms with E-state index in [9.17, 15) is 0 Å². The zero-order valence-electron chi connectivity index (χ0n) is 14.6. The molecular formula is C22H18Cl2NZr. The third kappa shape index (κ3) is 2.61. The maximum absolute atomic E-state index is 2.40. The molecule has 0 bridgehead atoms. The van der Waals surface area contributed by atoms with Crippen LogP contribution in [0, 0.1) is 12.8 Å². The zero-order valence-corrected chi connectivity index (χ0v) is 18.6. The average Bonchev–Trinajstić information content (AvgIpc) is 3.21. The Hall–Kier alpha value is -1.08. The Kier molecular flexibility index (Phi) is 5.41. The van der Waals surface area contributed by atoms with E-state index in [2.05, 4.69) is 79.2 Å². The number of hydrogen-bond donors (Lipinski definition) is 0. The van der Waals surface area contributed by atoms with Crippen LogP contribution in [0.3, 0.4) is 0 Å². The van der Waals surface area contributed by atoms with Crippen LogP contribution in [-0.4, -0.2) is 4.57 Å². The number of rotatable bonds is 1. The molecule has 2 aromatic carbocycles. The van der Waals surface area contributed by atoms with Crippen molar-refractivity contribution in [3.8, 4) is 11.3 Å². The molecule has 0 N–H and O–H groups in total. The van der Waals surface area contributed by atoms with Crippen LogP contribution in [0.1, 0.15) is 22.6 Å². The first-order chi connectivity index (χ1) is 11.7. The van der Waals surface area contributed by atoms with Gasteiger partial charge in [0.1, 0.15) is 0 Å². The summed E-state index contributed by atoms with van der Waals surface area (Å²) in [6.45, 7) is 2.20. The smallest absolute Gasteiger partial charge is 1.00 e. The maximum atomic E-state index is 2.40. The molecule has 2 aliphatic rings. The van der Waals surface area contributed by atoms with Gasteiger partial charge in [0.15, 0.2) is 0 Å². The molecule has 0 saturated heterocycles. The number of nitrogens with zero attached hydrogens (tertiary/aromatic N) is 1. The van der Waals surface area contributed by atoms with Crippen LogP contribution in [0.5, 0.6) is 0 Å². The molecule has 1 aromatic heterocycles. The minimum atomic E-state index is 0. The van der Waals surface area contributed by atoms with Crippen molar-refractivity contribution >= 4 is 10.9 Å². The predicted octanol–water partition coefficient (Wildman–Crippen LogP) is -0.776. The molecule has 3 aromatic rings. The fourth-order valence-electron chi connectivity index (χ4n) is 4.52. The van der Waals surface area contributed by atoms with Gasteiger partial charge < -0.3 is 24.8 Å². The summed E-state index contributed by atoms with van der Waals surface area (Å²) >= 11 is 1.53. The van der Waals surface area contributed by atoms with Gasteiger partial charge in [0.25, 0.3) is 0 Å². The molecule has 0 amide bonds. The largest absolute Gasteiger partial charge is 1.00 e. The quantitative estimate of drug-likeness (QED) is 0.451. The van der Waals surface area contributed by atoms with Gasteiger partial charge in [-0.05, 0) is 0 Å². The van der Waals surface area contributed by atoms with Crippen LogP contribution in [0.4, 0.5) is 0 Å². The monoisotopic (exact) mass is 456 g/mol. The van der Waals surface area contributed by atoms with E-state index in [0.717, 1.165) is 0 Å². The Balaban J connectivity index is 0.000000980. The minimum Gasteiger partial charge on any atom is -1.00 e. The second-order valence-corrected chi connectivity index (χ2v) is 8.36. The van der Waals surface area contributed by atoms with E-state index < -0.39 is 0 Å². The predicted molar refractivity (Wildman–Crippen MR) is 95.6 cm³/mol. The summed E-state index contributed by atoms with van der Waals surface area (Å²) < 4.78 is 3.95. The summed E-state index contributed by atoms with van der Waals surface area (Å²) in [6.07, 6.45) is 6.95. The summed E-state index contributed by atoms with van der Waals surface area (Å²) in [5.41, 5.74) is 8.54. The van der Waals surface area contributed by atoms with Gasteiger partial charge in [-0.15, -0.1) is 0 Å². The summed E-state index contributed by atoms with van der Waals surface area (Å²) in [7, 11) is 2.22. The van der Waals surface area contributed by atoms with Crippen molar-refractivity contribution in [2.75, 3.05) is 0 Å². The Morgan fingerprint density at radius 2 is 1.81 bits per heavy atom. The maximum Gasteiger partial charge on any atom is -1.00 e. The molecular weight excluding hydrogens is 440 g/mol. The van der Waals surface area contributed by atoms with E-state index in [1.54, 1.807) is 3.28 Å². The van der Waals surface area contributed by atoms with E-state index >= 15 is 0 Å². The fourth-order valence-corrected chi connectivity index (χ4v) is 5.41. The first-order valence-corrected chi connectivity index (χ1v) is 9.68. The van der Waals surface area contributed by atoms with Crippen molar-refractivity contribution < 1.29 is 49.5 Å². The summed E-state index contributed by atoms with van der Waals surface area (Å²) in [5, 5.41) is 1.43. The van der Waals surface area contributed by atoms with Crippen molar-refractivity contribution in [2.24, 2.45) is 13.0 Å². The molecule has 0 saturated carbocycles. The molecule has 4 heteroatoms. The Labute approximate surface area is 181 Å². The molecule has 26 heavy (non-hydrogen) atoms. The molecule has 2 aliphatic carbocycles. The first-order valence-electron chi connectivity index (χ1n) is 8.45. The standard InChI is InChI=1S/C22H18N.2ClH.Zr/c1-14-11-12-19-18(13-14)21-20(15-7-3-4-8-15)16-9-5-6-10-17(16)22(21)23(19)2;;;/h3-7,9-13,15,20H,1-2H3;2*1H;/q;;;+2/p-2. The SMILES string of the molecule is Cc1ccc2c(c1)c1c(n2C)-c2ccccc2C1C1C=CC=[C]1[Zr+2].[Cl-].[Cl-]. The minimum absolute atomic E-state index is 0. The van der Waals surface area contributed by atoms with Gasteiger partial charge in [0.05, 0.1) is 0 Å². The molecule has 0 aliphatic heterocycles. The third-order valence-electron chi connectivity index (χ3n) is 5.57. The molecule has 1 nitrogen and oxygen atoms in total. The number of aromatic nitrogens is 1. The molecule has 1 heterocycles. The van der Waals surface area contributed by atoms with Crippen LogP contribution in [0.25, 0.3) is 22.2 Å². The Morgan fingerprint density at radius 1 is 1.04 bits per heavy atom. The number of allylic oxidation sites excluding steroid dienone is 4. The van der Waals surface area contributed by atoms with Crippen molar-refractivity contribution in [1.82, 2.24) is 4.57 Å². The summed E-state index contributed by atoms with van der Waals surface area (Å²) in [5.74, 6) is 0.961. The van der Waals surface area contributed by atoms with Gasteiger partial charge in [0, 0.05) is 0 Å². The van der Waals surface area contributed by atoms with Gasteiger partial charge in [0.2, 0.25) is 0 Å². The Morgan fingerprint density at radius 3 is 2.54 bits per heavy atom. The van der Waals surface area contributed by atoms with Gasteiger partial charge >= 0.3 is 158 Å². The van der Waals surface area contributed by atoms with Crippen molar-refractivity contribution in [3.63, 3.8) is 0 Å². The van der Waals surface area contributed by atoms with E-state index in [-0.39, 0.29) is 24.8 Å². The average molecular weight is 459 g/mol. The van der Waals surface area contributed by atoms with E-state index in [4.69, 9.17) is 0 Å². The summed E-state index contributed by atoms with van der Waals surface area (Å²) in [6, 6.07) is 15.9. The molecule has 2 unspecified atom stereocenters. The normalized spacial score (nSPS) is 19.6. The molecule has 2 atom stereocenters. The second kappa shape index (κ2) is 7.15. The van der Waals surface area contributed by atoms with Crippen LogP contribution in [0.15, 0.2) is 64.0 Å². The molecule has 5 rings (SSSR count). The summed E-state index contributed by atoms with van der Waals surface area (Å²) in [4.78, 5) is 0. The molecule has 0 radical (unpaired) electrons. The van der Waals surface area contributed by atoms with Gasteiger partial charge in [-0.3, -0.25) is 0 Å². The van der Waals surface area contributed by atoms with Crippen LogP contribution in [0.2, 0.25) is 0 Å². The fraction of sp³-hybridized carbons (Fsp3) is 0.182. The van der Waals surface area contributed by atoms with Crippen molar-refractivity contribution in [3.05, 3.63) is 80.7 Å². The van der Waals surface area contributed by atoms with Crippen molar-refractivity contribution in [2.45, 2.75) is 12.8 Å². The van der Waals surface area contributed by atoms with Crippen LogP contribution in [-0.2, 0) is 31.8 Å². The van der Waals surface area contributed by atoms with Gasteiger partial charge in [-0.2, -0.15) is 0 Å². The van der Waals surface area contributed by atoms with Gasteiger partial charge in [-0.25, -0.2) is 0 Å². The molecule has 129 valence electrons. The van der Waals surface area contributed by atoms with Gasteiger partial charge in [-0.1, -0.05) is 0 Å². The third-order valence-corrected chi connectivity index (χ3v) is 6.80. The Bertz CT molecular complexity index is 1060. The van der Waals surface area contributed by atoms with Crippen LogP contribution >= 0.6 is 0 Å². The van der Waals surface area contributed by atoms with E-state index in [1.807, 2.05) is 0 Å². The van der Waals surface area contributed by atoms with E-state index in [0.29, 0.717) is 11.8 Å². The second-order valence-electron chi connectivity index (χ2n) is 6.94. The zero-order chi connectivity index (χ0) is 16.4. The van der Waals surface area contributed by atoms with Crippen molar-refractivity contribution in [1.29, 1.82) is 0 Å². The number of fused-ring (bicyclic) bond motifs is 5. The topological polar surface area (TPSA) is 4.93 Å². The number of hydrogen-bond acceptors (Lipinski definition) is 0.